The molecular formula is C20H20N2O3. The zero-order valence-corrected chi connectivity index (χ0v) is 14.4. The average Bonchev–Trinajstić information content (AvgIpc) is 2.61. The molecule has 3 aromatic rings. The number of aryl methyl sites for hydroxylation is 1. The SMILES string of the molecule is COc1cccc2cc(C(=O)NC(C)c3ccc(C)cc3)c(=N)oc12. The van der Waals surface area contributed by atoms with Gasteiger partial charge < -0.3 is 14.5 Å². The van der Waals surface area contributed by atoms with Crippen LogP contribution in [0.3, 0.4) is 0 Å². The normalized spacial score (nSPS) is 12.0. The third kappa shape index (κ3) is 3.40. The molecule has 2 aromatic carbocycles. The third-order valence-electron chi connectivity index (χ3n) is 4.15. The van der Waals surface area contributed by atoms with Crippen molar-refractivity contribution >= 4 is 16.9 Å². The van der Waals surface area contributed by atoms with Gasteiger partial charge in [-0.2, -0.15) is 0 Å². The second-order valence-electron chi connectivity index (χ2n) is 5.97. The molecule has 25 heavy (non-hydrogen) atoms. The minimum atomic E-state index is -0.341. The summed E-state index contributed by atoms with van der Waals surface area (Å²) in [5, 5.41) is 11.7. The van der Waals surface area contributed by atoms with Gasteiger partial charge in [0.2, 0.25) is 5.55 Å². The molecule has 0 aliphatic carbocycles. The van der Waals surface area contributed by atoms with Crippen molar-refractivity contribution in [2.24, 2.45) is 0 Å². The first-order valence-electron chi connectivity index (χ1n) is 8.02. The third-order valence-corrected chi connectivity index (χ3v) is 4.15. The topological polar surface area (TPSA) is 75.3 Å². The molecular weight excluding hydrogens is 316 g/mol. The lowest BCUT2D eigenvalue weighted by atomic mass is 10.1. The molecule has 0 bridgehead atoms. The Labute approximate surface area is 145 Å². The van der Waals surface area contributed by atoms with E-state index in [1.54, 1.807) is 12.1 Å². The van der Waals surface area contributed by atoms with Crippen LogP contribution in [0.4, 0.5) is 0 Å². The maximum Gasteiger partial charge on any atom is 0.257 e. The molecule has 5 heteroatoms. The molecule has 1 atom stereocenters. The van der Waals surface area contributed by atoms with E-state index < -0.39 is 0 Å². The van der Waals surface area contributed by atoms with E-state index in [9.17, 15) is 4.79 Å². The summed E-state index contributed by atoms with van der Waals surface area (Å²) in [4.78, 5) is 12.6. The minimum Gasteiger partial charge on any atom is -0.493 e. The van der Waals surface area contributed by atoms with Gasteiger partial charge in [0.15, 0.2) is 11.3 Å². The molecule has 5 nitrogen and oxygen atoms in total. The van der Waals surface area contributed by atoms with E-state index in [-0.39, 0.29) is 23.1 Å². The number of para-hydroxylation sites is 1. The van der Waals surface area contributed by atoms with E-state index in [2.05, 4.69) is 5.32 Å². The lowest BCUT2D eigenvalue weighted by molar-refractivity contribution is 0.0935. The molecule has 128 valence electrons. The molecule has 0 fully saturated rings. The molecule has 0 spiro atoms. The van der Waals surface area contributed by atoms with Gasteiger partial charge in [0.05, 0.1) is 13.2 Å². The van der Waals surface area contributed by atoms with Crippen LogP contribution in [-0.4, -0.2) is 13.0 Å². The number of rotatable bonds is 4. The molecule has 0 radical (unpaired) electrons. The summed E-state index contributed by atoms with van der Waals surface area (Å²) in [5.74, 6) is 0.192. The zero-order valence-electron chi connectivity index (χ0n) is 14.4. The van der Waals surface area contributed by atoms with Gasteiger partial charge in [-0.25, -0.2) is 0 Å². The first kappa shape index (κ1) is 16.8. The molecule has 1 amide bonds. The Balaban J connectivity index is 1.90. The lowest BCUT2D eigenvalue weighted by Gasteiger charge is -2.15. The minimum absolute atomic E-state index is 0.173. The van der Waals surface area contributed by atoms with Gasteiger partial charge in [0, 0.05) is 5.39 Å². The summed E-state index contributed by atoms with van der Waals surface area (Å²) in [5.41, 5.74) is 2.63. The Morgan fingerprint density at radius 1 is 1.20 bits per heavy atom. The standard InChI is InChI=1S/C20H20N2O3/c1-12-7-9-14(10-8-12)13(2)22-20(23)16-11-15-5-4-6-17(24-3)18(15)25-19(16)21/h4-11,13,21H,1-3H3,(H,22,23). The number of nitrogens with one attached hydrogen (secondary N) is 2. The predicted octanol–water partition coefficient (Wildman–Crippen LogP) is 3.72. The van der Waals surface area contributed by atoms with Crippen molar-refractivity contribution in [2.45, 2.75) is 19.9 Å². The lowest BCUT2D eigenvalue weighted by Crippen LogP contribution is -2.30. The Kier molecular flexibility index (Phi) is 4.57. The number of carbonyl (C=O) groups excluding carboxylic acids is 1. The summed E-state index contributed by atoms with van der Waals surface area (Å²) in [6, 6.07) is 14.9. The molecule has 0 aliphatic rings. The van der Waals surface area contributed by atoms with E-state index in [1.165, 1.54) is 7.11 Å². The van der Waals surface area contributed by atoms with Crippen molar-refractivity contribution in [2.75, 3.05) is 7.11 Å². The molecule has 0 aliphatic heterocycles. The Morgan fingerprint density at radius 3 is 2.60 bits per heavy atom. The van der Waals surface area contributed by atoms with E-state index in [0.29, 0.717) is 16.7 Å². The van der Waals surface area contributed by atoms with Crippen molar-refractivity contribution in [1.29, 1.82) is 5.41 Å². The number of ether oxygens (including phenoxy) is 1. The Hall–Kier alpha value is -3.08. The van der Waals surface area contributed by atoms with E-state index in [4.69, 9.17) is 14.6 Å². The quantitative estimate of drug-likeness (QED) is 0.762. The van der Waals surface area contributed by atoms with Gasteiger partial charge in [0.25, 0.3) is 5.91 Å². The number of fused-ring (bicyclic) bond motifs is 1. The first-order valence-corrected chi connectivity index (χ1v) is 8.02. The van der Waals surface area contributed by atoms with Crippen LogP contribution in [0.2, 0.25) is 0 Å². The van der Waals surface area contributed by atoms with Crippen LogP contribution in [-0.2, 0) is 0 Å². The monoisotopic (exact) mass is 336 g/mol. The van der Waals surface area contributed by atoms with Gasteiger partial charge >= 0.3 is 0 Å². The second kappa shape index (κ2) is 6.81. The van der Waals surface area contributed by atoms with Crippen molar-refractivity contribution in [3.05, 3.63) is 70.8 Å². The first-order chi connectivity index (χ1) is 12.0. The van der Waals surface area contributed by atoms with E-state index >= 15 is 0 Å². The highest BCUT2D eigenvalue weighted by molar-refractivity contribution is 5.97. The Morgan fingerprint density at radius 2 is 1.92 bits per heavy atom. The predicted molar refractivity (Wildman–Crippen MR) is 95.7 cm³/mol. The fourth-order valence-electron chi connectivity index (χ4n) is 2.68. The van der Waals surface area contributed by atoms with Gasteiger partial charge in [-0.1, -0.05) is 42.0 Å². The molecule has 3 rings (SSSR count). The van der Waals surface area contributed by atoms with Crippen molar-refractivity contribution in [3.63, 3.8) is 0 Å². The summed E-state index contributed by atoms with van der Waals surface area (Å²) in [6.07, 6.45) is 0. The fraction of sp³-hybridized carbons (Fsp3) is 0.200. The number of hydrogen-bond acceptors (Lipinski definition) is 4. The number of benzene rings is 2. The number of carbonyl (C=O) groups is 1. The average molecular weight is 336 g/mol. The number of hydrogen-bond donors (Lipinski definition) is 2. The van der Waals surface area contributed by atoms with Crippen molar-refractivity contribution < 1.29 is 13.9 Å². The van der Waals surface area contributed by atoms with Crippen molar-refractivity contribution in [3.8, 4) is 5.75 Å². The highest BCUT2D eigenvalue weighted by atomic mass is 16.5. The highest BCUT2D eigenvalue weighted by Gasteiger charge is 2.16. The fourth-order valence-corrected chi connectivity index (χ4v) is 2.68. The largest absolute Gasteiger partial charge is 0.493 e. The van der Waals surface area contributed by atoms with Crippen LogP contribution < -0.4 is 15.6 Å². The maximum absolute atomic E-state index is 12.6. The molecule has 0 saturated carbocycles. The highest BCUT2D eigenvalue weighted by Crippen LogP contribution is 2.24. The summed E-state index contributed by atoms with van der Waals surface area (Å²) in [7, 11) is 1.54. The van der Waals surface area contributed by atoms with Gasteiger partial charge in [-0.05, 0) is 31.5 Å². The van der Waals surface area contributed by atoms with Gasteiger partial charge in [-0.15, -0.1) is 0 Å². The van der Waals surface area contributed by atoms with Gasteiger partial charge in [-0.3, -0.25) is 10.2 Å². The van der Waals surface area contributed by atoms with Crippen molar-refractivity contribution in [1.82, 2.24) is 5.32 Å². The van der Waals surface area contributed by atoms with E-state index in [0.717, 1.165) is 11.1 Å². The van der Waals surface area contributed by atoms with Crippen LogP contribution in [0.25, 0.3) is 11.0 Å². The van der Waals surface area contributed by atoms with Crippen LogP contribution in [0.5, 0.6) is 5.75 Å². The number of methoxy groups -OCH3 is 1. The molecule has 1 heterocycles. The van der Waals surface area contributed by atoms with Crippen LogP contribution in [0, 0.1) is 12.3 Å². The second-order valence-corrected chi connectivity index (χ2v) is 5.97. The molecule has 0 saturated heterocycles. The zero-order chi connectivity index (χ0) is 18.0. The molecule has 2 N–H and O–H groups in total. The summed E-state index contributed by atoms with van der Waals surface area (Å²) >= 11 is 0. The van der Waals surface area contributed by atoms with Crippen LogP contribution in [0.15, 0.2) is 52.9 Å². The maximum atomic E-state index is 12.6. The Bertz CT molecular complexity index is 974. The van der Waals surface area contributed by atoms with Crippen LogP contribution in [0.1, 0.15) is 34.5 Å². The molecule has 1 aromatic heterocycles. The number of amides is 1. The van der Waals surface area contributed by atoms with E-state index in [1.807, 2.05) is 50.2 Å². The molecule has 1 unspecified atom stereocenters. The smallest absolute Gasteiger partial charge is 0.257 e. The summed E-state index contributed by atoms with van der Waals surface area (Å²) < 4.78 is 10.8. The van der Waals surface area contributed by atoms with Crippen LogP contribution >= 0.6 is 0 Å². The van der Waals surface area contributed by atoms with Gasteiger partial charge in [0.1, 0.15) is 5.56 Å². The summed E-state index contributed by atoms with van der Waals surface area (Å²) in [6.45, 7) is 3.93.